The molecule has 0 spiro atoms. The van der Waals surface area contributed by atoms with E-state index in [2.05, 4.69) is 10.1 Å². The van der Waals surface area contributed by atoms with E-state index in [1.807, 2.05) is 24.3 Å². The standard InChI is InChI=1S/C16H18N2O4/c1-19-14-8-13(9-15(20-2)16(14)21-3)11-22-18-10-12-4-6-17-7-5-12/h4-10H,11H2,1-3H3/b18-10+. The number of aromatic nitrogens is 1. The van der Waals surface area contributed by atoms with Gasteiger partial charge in [0.25, 0.3) is 0 Å². The molecule has 0 bridgehead atoms. The second kappa shape index (κ2) is 7.87. The van der Waals surface area contributed by atoms with E-state index in [0.29, 0.717) is 17.2 Å². The highest BCUT2D eigenvalue weighted by Gasteiger charge is 2.13. The average molecular weight is 302 g/mol. The fraction of sp³-hybridized carbons (Fsp3) is 0.250. The lowest BCUT2D eigenvalue weighted by atomic mass is 10.2. The molecule has 2 aromatic rings. The number of methoxy groups -OCH3 is 3. The van der Waals surface area contributed by atoms with Crippen molar-refractivity contribution in [3.8, 4) is 17.2 Å². The van der Waals surface area contributed by atoms with Gasteiger partial charge in [-0.25, -0.2) is 0 Å². The summed E-state index contributed by atoms with van der Waals surface area (Å²) in [4.78, 5) is 9.23. The van der Waals surface area contributed by atoms with E-state index in [4.69, 9.17) is 19.0 Å². The Kier molecular flexibility index (Phi) is 5.59. The number of ether oxygens (including phenoxy) is 3. The number of pyridine rings is 1. The SMILES string of the molecule is COc1cc(CO/N=C/c2ccncc2)cc(OC)c1OC. The fourth-order valence-corrected chi connectivity index (χ4v) is 1.88. The molecule has 0 saturated heterocycles. The first-order valence-corrected chi connectivity index (χ1v) is 6.62. The Morgan fingerprint density at radius 2 is 1.64 bits per heavy atom. The van der Waals surface area contributed by atoms with Gasteiger partial charge in [0.15, 0.2) is 11.5 Å². The van der Waals surface area contributed by atoms with Crippen LogP contribution in [0.25, 0.3) is 0 Å². The molecule has 0 radical (unpaired) electrons. The maximum atomic E-state index is 5.29. The third-order valence-corrected chi connectivity index (χ3v) is 2.94. The Hall–Kier alpha value is -2.76. The van der Waals surface area contributed by atoms with Crippen LogP contribution in [-0.2, 0) is 11.4 Å². The molecule has 0 amide bonds. The van der Waals surface area contributed by atoms with Crippen molar-refractivity contribution in [1.82, 2.24) is 4.98 Å². The summed E-state index contributed by atoms with van der Waals surface area (Å²) in [5, 5.41) is 3.92. The Balaban J connectivity index is 2.05. The molecule has 22 heavy (non-hydrogen) atoms. The molecular formula is C16H18N2O4. The minimum Gasteiger partial charge on any atom is -0.493 e. The quantitative estimate of drug-likeness (QED) is 0.581. The number of benzene rings is 1. The molecule has 0 saturated carbocycles. The highest BCUT2D eigenvalue weighted by Crippen LogP contribution is 2.38. The molecule has 0 N–H and O–H groups in total. The van der Waals surface area contributed by atoms with E-state index in [-0.39, 0.29) is 6.61 Å². The minimum atomic E-state index is 0.290. The van der Waals surface area contributed by atoms with Crippen molar-refractivity contribution in [2.24, 2.45) is 5.16 Å². The molecule has 0 aliphatic carbocycles. The van der Waals surface area contributed by atoms with Crippen molar-refractivity contribution in [1.29, 1.82) is 0 Å². The van der Waals surface area contributed by atoms with Gasteiger partial charge in [-0.2, -0.15) is 0 Å². The Morgan fingerprint density at radius 3 is 2.18 bits per heavy atom. The largest absolute Gasteiger partial charge is 0.493 e. The lowest BCUT2D eigenvalue weighted by molar-refractivity contribution is 0.131. The van der Waals surface area contributed by atoms with E-state index in [1.54, 1.807) is 39.9 Å². The van der Waals surface area contributed by atoms with Crippen LogP contribution in [0.2, 0.25) is 0 Å². The van der Waals surface area contributed by atoms with Gasteiger partial charge in [0, 0.05) is 12.4 Å². The first kappa shape index (κ1) is 15.6. The van der Waals surface area contributed by atoms with Crippen LogP contribution >= 0.6 is 0 Å². The normalized spacial score (nSPS) is 10.5. The van der Waals surface area contributed by atoms with Crippen LogP contribution in [0.5, 0.6) is 17.2 Å². The lowest BCUT2D eigenvalue weighted by Gasteiger charge is -2.13. The highest BCUT2D eigenvalue weighted by atomic mass is 16.6. The molecule has 2 rings (SSSR count). The van der Waals surface area contributed by atoms with Gasteiger partial charge in [0.1, 0.15) is 6.61 Å². The van der Waals surface area contributed by atoms with Gasteiger partial charge in [0.2, 0.25) is 5.75 Å². The lowest BCUT2D eigenvalue weighted by Crippen LogP contribution is -1.97. The summed E-state index contributed by atoms with van der Waals surface area (Å²) < 4.78 is 15.8. The summed E-state index contributed by atoms with van der Waals surface area (Å²) in [7, 11) is 4.71. The molecule has 6 heteroatoms. The van der Waals surface area contributed by atoms with Crippen molar-refractivity contribution in [3.05, 3.63) is 47.8 Å². The summed E-state index contributed by atoms with van der Waals surface area (Å²) in [6, 6.07) is 7.32. The van der Waals surface area contributed by atoms with Gasteiger partial charge in [-0.05, 0) is 35.4 Å². The Morgan fingerprint density at radius 1 is 1.00 bits per heavy atom. The van der Waals surface area contributed by atoms with Crippen LogP contribution in [0.15, 0.2) is 41.8 Å². The number of oxime groups is 1. The topological polar surface area (TPSA) is 62.2 Å². The van der Waals surface area contributed by atoms with Gasteiger partial charge in [-0.3, -0.25) is 4.98 Å². The zero-order valence-corrected chi connectivity index (χ0v) is 12.8. The predicted octanol–water partition coefficient (Wildman–Crippen LogP) is 2.66. The van der Waals surface area contributed by atoms with Gasteiger partial charge in [0.05, 0.1) is 27.5 Å². The summed E-state index contributed by atoms with van der Waals surface area (Å²) in [6.45, 7) is 0.290. The Bertz CT molecular complexity index is 604. The minimum absolute atomic E-state index is 0.290. The molecule has 0 atom stereocenters. The van der Waals surface area contributed by atoms with Crippen LogP contribution in [0.4, 0.5) is 0 Å². The van der Waals surface area contributed by atoms with Crippen LogP contribution in [0.3, 0.4) is 0 Å². The van der Waals surface area contributed by atoms with Gasteiger partial charge in [-0.15, -0.1) is 0 Å². The first-order chi connectivity index (χ1) is 10.8. The summed E-state index contributed by atoms with van der Waals surface area (Å²) >= 11 is 0. The molecular weight excluding hydrogens is 284 g/mol. The van der Waals surface area contributed by atoms with E-state index in [0.717, 1.165) is 11.1 Å². The zero-order chi connectivity index (χ0) is 15.8. The van der Waals surface area contributed by atoms with Crippen molar-refractivity contribution in [3.63, 3.8) is 0 Å². The molecule has 6 nitrogen and oxygen atoms in total. The first-order valence-electron chi connectivity index (χ1n) is 6.62. The van der Waals surface area contributed by atoms with Crippen LogP contribution in [0.1, 0.15) is 11.1 Å². The molecule has 1 aromatic heterocycles. The molecule has 1 aromatic carbocycles. The van der Waals surface area contributed by atoms with Crippen LogP contribution < -0.4 is 14.2 Å². The second-order valence-corrected chi connectivity index (χ2v) is 4.32. The third-order valence-electron chi connectivity index (χ3n) is 2.94. The van der Waals surface area contributed by atoms with Crippen molar-refractivity contribution in [2.45, 2.75) is 6.61 Å². The fourth-order valence-electron chi connectivity index (χ4n) is 1.88. The third kappa shape index (κ3) is 3.88. The van der Waals surface area contributed by atoms with Crippen LogP contribution in [0, 0.1) is 0 Å². The smallest absolute Gasteiger partial charge is 0.203 e. The predicted molar refractivity (Wildman–Crippen MR) is 82.7 cm³/mol. The monoisotopic (exact) mass is 302 g/mol. The summed E-state index contributed by atoms with van der Waals surface area (Å²) in [6.07, 6.45) is 5.01. The van der Waals surface area contributed by atoms with Crippen molar-refractivity contribution in [2.75, 3.05) is 21.3 Å². The van der Waals surface area contributed by atoms with E-state index in [1.165, 1.54) is 0 Å². The Labute approximate surface area is 129 Å². The van der Waals surface area contributed by atoms with Crippen molar-refractivity contribution >= 4 is 6.21 Å². The highest BCUT2D eigenvalue weighted by molar-refractivity contribution is 5.78. The number of hydrogen-bond acceptors (Lipinski definition) is 6. The molecule has 0 unspecified atom stereocenters. The van der Waals surface area contributed by atoms with Crippen molar-refractivity contribution < 1.29 is 19.0 Å². The van der Waals surface area contributed by atoms with Crippen LogP contribution in [-0.4, -0.2) is 32.5 Å². The van der Waals surface area contributed by atoms with Gasteiger partial charge >= 0.3 is 0 Å². The average Bonchev–Trinajstić information content (AvgIpc) is 2.58. The van der Waals surface area contributed by atoms with Gasteiger partial charge < -0.3 is 19.0 Å². The molecule has 116 valence electrons. The molecule has 0 aliphatic rings. The number of hydrogen-bond donors (Lipinski definition) is 0. The molecule has 1 heterocycles. The van der Waals surface area contributed by atoms with Gasteiger partial charge in [-0.1, -0.05) is 5.16 Å². The summed E-state index contributed by atoms with van der Waals surface area (Å²) in [5.41, 5.74) is 1.78. The maximum Gasteiger partial charge on any atom is 0.203 e. The zero-order valence-electron chi connectivity index (χ0n) is 12.8. The number of nitrogens with zero attached hydrogens (tertiary/aromatic N) is 2. The van der Waals surface area contributed by atoms with E-state index < -0.39 is 0 Å². The maximum absolute atomic E-state index is 5.29. The molecule has 0 aliphatic heterocycles. The van der Waals surface area contributed by atoms with E-state index >= 15 is 0 Å². The van der Waals surface area contributed by atoms with E-state index in [9.17, 15) is 0 Å². The summed E-state index contributed by atoms with van der Waals surface area (Å²) in [5.74, 6) is 1.71. The molecule has 0 fully saturated rings. The second-order valence-electron chi connectivity index (χ2n) is 4.32. The number of rotatable bonds is 7.